The molecule has 0 spiro atoms. The number of aromatic nitrogens is 2. The molecule has 0 aliphatic carbocycles. The zero-order valence-electron chi connectivity index (χ0n) is 32.4. The lowest BCUT2D eigenvalue weighted by Crippen LogP contribution is -2.43. The second kappa shape index (κ2) is 17.8. The van der Waals surface area contributed by atoms with Crippen LogP contribution in [0.15, 0.2) is 103 Å². The number of nitrogens with one attached hydrogen (secondary N) is 4. The first-order valence-corrected chi connectivity index (χ1v) is 18.4. The number of imidazole rings is 1. The van der Waals surface area contributed by atoms with E-state index in [1.807, 2.05) is 11.6 Å². The fourth-order valence-corrected chi connectivity index (χ4v) is 6.09. The molecule has 6 aromatic rings. The molecule has 60 heavy (non-hydrogen) atoms. The lowest BCUT2D eigenvalue weighted by Gasteiger charge is -2.18. The predicted octanol–water partition coefficient (Wildman–Crippen LogP) is 6.57. The fraction of sp³-hybridized carbons (Fsp3) is 0.133. The molecule has 6 rings (SSSR count). The smallest absolute Gasteiger partial charge is 0.335 e. The number of nitriles is 1. The van der Waals surface area contributed by atoms with Gasteiger partial charge in [-0.3, -0.25) is 19.2 Å². The number of carboxylic acid groups (broad SMARTS) is 1. The van der Waals surface area contributed by atoms with E-state index >= 15 is 0 Å². The first-order valence-electron chi connectivity index (χ1n) is 18.4. The minimum atomic E-state index is -1.12. The number of anilines is 3. The third-order valence-corrected chi connectivity index (χ3v) is 9.14. The number of phenolic OH excluding ortho intramolecular Hbond substituents is 1. The highest BCUT2D eigenvalue weighted by Gasteiger charge is 2.24. The first kappa shape index (κ1) is 41.2. The maximum atomic E-state index is 13.3. The van der Waals surface area contributed by atoms with Crippen LogP contribution in [0, 0.1) is 23.7 Å². The van der Waals surface area contributed by atoms with E-state index in [0.717, 1.165) is 16.6 Å². The Morgan fingerprint density at radius 3 is 2.03 bits per heavy atom. The number of aryl methyl sites for hydroxylation is 1. The number of rotatable bonds is 13. The third kappa shape index (κ3) is 9.23. The Morgan fingerprint density at radius 1 is 0.800 bits per heavy atom. The van der Waals surface area contributed by atoms with Gasteiger partial charge in [0.1, 0.15) is 11.9 Å². The van der Waals surface area contributed by atoms with E-state index in [1.54, 1.807) is 56.3 Å². The Balaban J connectivity index is 1.09. The molecule has 0 fully saturated rings. The van der Waals surface area contributed by atoms with E-state index in [1.165, 1.54) is 60.7 Å². The van der Waals surface area contributed by atoms with Crippen molar-refractivity contribution < 1.29 is 38.9 Å². The summed E-state index contributed by atoms with van der Waals surface area (Å²) in [5.41, 5.74) is 3.79. The number of hydrogen-bond donors (Lipinski definition) is 6. The molecule has 6 N–H and O–H groups in total. The quantitative estimate of drug-likeness (QED) is 0.0689. The Kier molecular flexibility index (Phi) is 12.2. The Hall–Kier alpha value is -8.43. The van der Waals surface area contributed by atoms with Crippen molar-refractivity contribution in [2.24, 2.45) is 7.05 Å². The van der Waals surface area contributed by atoms with Gasteiger partial charge in [0.25, 0.3) is 17.7 Å². The molecule has 1 aromatic heterocycles. The van der Waals surface area contributed by atoms with Crippen LogP contribution in [0.25, 0.3) is 22.4 Å². The molecule has 0 saturated carbocycles. The summed E-state index contributed by atoms with van der Waals surface area (Å²) in [7, 11) is 1.84. The van der Waals surface area contributed by atoms with Crippen LogP contribution < -0.4 is 26.0 Å². The van der Waals surface area contributed by atoms with E-state index in [0.29, 0.717) is 22.8 Å². The molecule has 300 valence electrons. The molecule has 0 saturated heterocycles. The molecule has 4 amide bonds. The number of nitrogens with zero attached hydrogens (tertiary/aromatic N) is 3. The van der Waals surface area contributed by atoms with Crippen LogP contribution in [0.1, 0.15) is 67.3 Å². The minimum Gasteiger partial charge on any atom is -0.504 e. The highest BCUT2D eigenvalue weighted by Crippen LogP contribution is 2.39. The van der Waals surface area contributed by atoms with Crippen molar-refractivity contribution in [1.82, 2.24) is 14.9 Å². The normalized spacial score (nSPS) is 11.2. The summed E-state index contributed by atoms with van der Waals surface area (Å²) in [4.78, 5) is 68.7. The van der Waals surface area contributed by atoms with Crippen molar-refractivity contribution in [1.29, 1.82) is 5.26 Å². The number of carboxylic acids is 1. The van der Waals surface area contributed by atoms with Crippen LogP contribution in [0.5, 0.6) is 11.5 Å². The summed E-state index contributed by atoms with van der Waals surface area (Å²) >= 11 is 0. The highest BCUT2D eigenvalue weighted by atomic mass is 16.5. The summed E-state index contributed by atoms with van der Waals surface area (Å²) in [6.07, 6.45) is 4.98. The number of fused-ring (bicyclic) bond motifs is 1. The second-order valence-corrected chi connectivity index (χ2v) is 13.7. The topological polar surface area (TPSA) is 225 Å². The van der Waals surface area contributed by atoms with Crippen molar-refractivity contribution in [3.63, 3.8) is 0 Å². The molecule has 0 aliphatic rings. The van der Waals surface area contributed by atoms with Gasteiger partial charge in [0.15, 0.2) is 11.5 Å². The number of hydrogen-bond acceptors (Lipinski definition) is 9. The molecule has 15 heteroatoms. The summed E-state index contributed by atoms with van der Waals surface area (Å²) in [5, 5.41) is 40.1. The van der Waals surface area contributed by atoms with Gasteiger partial charge >= 0.3 is 5.97 Å². The second-order valence-electron chi connectivity index (χ2n) is 13.7. The van der Waals surface area contributed by atoms with Gasteiger partial charge in [0.2, 0.25) is 5.91 Å². The molecule has 0 unspecified atom stereocenters. The van der Waals surface area contributed by atoms with Crippen LogP contribution >= 0.6 is 0 Å². The van der Waals surface area contributed by atoms with E-state index in [-0.39, 0.29) is 40.1 Å². The Bertz CT molecular complexity index is 2730. The Morgan fingerprint density at radius 2 is 1.42 bits per heavy atom. The average Bonchev–Trinajstić information content (AvgIpc) is 3.57. The summed E-state index contributed by atoms with van der Waals surface area (Å²) in [6.45, 7) is 3.40. The zero-order valence-corrected chi connectivity index (χ0v) is 32.4. The lowest BCUT2D eigenvalue weighted by atomic mass is 10.1. The number of carbonyl (C=O) groups is 5. The van der Waals surface area contributed by atoms with Crippen molar-refractivity contribution >= 4 is 57.7 Å². The van der Waals surface area contributed by atoms with Crippen molar-refractivity contribution in [2.75, 3.05) is 16.0 Å². The summed E-state index contributed by atoms with van der Waals surface area (Å²) in [6, 6.07) is 27.0. The number of amides is 4. The molecule has 15 nitrogen and oxygen atoms in total. The SMILES string of the molecule is C#CC[C@H](NC(=O)c1ccc(-c2nc3ccc(C#N)cc3n2C)cc1)C(=O)Nc1ccc(C(=O)Nc2ccc(C(=O)Nc3ccc(C(=O)O)cc3)c(O)c2OC(C)C)cc1. The monoisotopic (exact) mass is 803 g/mol. The molecular weight excluding hydrogens is 767 g/mol. The number of carbonyl (C=O) groups excluding carboxylic acids is 4. The number of phenols is 1. The van der Waals surface area contributed by atoms with Gasteiger partial charge in [-0.1, -0.05) is 12.1 Å². The van der Waals surface area contributed by atoms with Gasteiger partial charge in [-0.05, 0) is 105 Å². The van der Waals surface area contributed by atoms with Gasteiger partial charge in [-0.25, -0.2) is 9.78 Å². The highest BCUT2D eigenvalue weighted by molar-refractivity contribution is 6.10. The standard InChI is InChI=1S/C45H37N7O8/c1-5-6-36(51-42(55)28-10-8-27(9-11-28)40-49-34-21-7-26(24-46)23-37(34)52(40)4)44(57)48-32-16-12-29(13-17-32)41(54)50-35-22-20-33(38(53)39(35)60-25(2)3)43(56)47-31-18-14-30(15-19-31)45(58)59/h1,7-23,25,36,53H,6H2,2-4H3,(H,47,56)(H,48,57)(H,50,54)(H,51,55)(H,58,59)/t36-/m0/s1. The summed E-state index contributed by atoms with van der Waals surface area (Å²) in [5.74, 6) is -1.15. The molecule has 0 bridgehead atoms. The fourth-order valence-electron chi connectivity index (χ4n) is 6.09. The van der Waals surface area contributed by atoms with E-state index in [2.05, 4.69) is 38.2 Å². The number of ether oxygens (including phenoxy) is 1. The van der Waals surface area contributed by atoms with Crippen molar-refractivity contribution in [3.05, 3.63) is 131 Å². The number of benzene rings is 5. The predicted molar refractivity (Wildman–Crippen MR) is 224 cm³/mol. The van der Waals surface area contributed by atoms with Crippen molar-refractivity contribution in [3.8, 4) is 41.3 Å². The Labute approximate surface area is 343 Å². The largest absolute Gasteiger partial charge is 0.504 e. The number of aromatic hydroxyl groups is 1. The van der Waals surface area contributed by atoms with Gasteiger partial charge in [0, 0.05) is 41.5 Å². The van der Waals surface area contributed by atoms with E-state index in [4.69, 9.17) is 16.3 Å². The maximum absolute atomic E-state index is 13.3. The summed E-state index contributed by atoms with van der Waals surface area (Å²) < 4.78 is 7.65. The minimum absolute atomic E-state index is 0.0343. The molecule has 1 heterocycles. The molecule has 5 aromatic carbocycles. The van der Waals surface area contributed by atoms with E-state index < -0.39 is 47.5 Å². The van der Waals surface area contributed by atoms with E-state index in [9.17, 15) is 34.3 Å². The van der Waals surface area contributed by atoms with Crippen LogP contribution in [0.4, 0.5) is 17.1 Å². The lowest BCUT2D eigenvalue weighted by molar-refractivity contribution is -0.117. The van der Waals surface area contributed by atoms with Gasteiger partial charge in [0.05, 0.1) is 45.6 Å². The molecular formula is C45H37N7O8. The van der Waals surface area contributed by atoms with Crippen LogP contribution in [0.3, 0.4) is 0 Å². The van der Waals surface area contributed by atoms with Crippen LogP contribution in [-0.4, -0.2) is 61.5 Å². The molecule has 1 atom stereocenters. The van der Waals surface area contributed by atoms with Gasteiger partial charge < -0.3 is 40.8 Å². The maximum Gasteiger partial charge on any atom is 0.335 e. The number of aromatic carboxylic acids is 1. The van der Waals surface area contributed by atoms with Crippen LogP contribution in [0.2, 0.25) is 0 Å². The zero-order chi connectivity index (χ0) is 43.1. The van der Waals surface area contributed by atoms with Crippen molar-refractivity contribution in [2.45, 2.75) is 32.4 Å². The molecule has 0 radical (unpaired) electrons. The molecule has 0 aliphatic heterocycles. The van der Waals surface area contributed by atoms with Gasteiger partial charge in [-0.2, -0.15) is 5.26 Å². The third-order valence-electron chi connectivity index (χ3n) is 9.14. The van der Waals surface area contributed by atoms with Crippen LogP contribution in [-0.2, 0) is 11.8 Å². The first-order chi connectivity index (χ1) is 28.8. The average molecular weight is 804 g/mol. The van der Waals surface area contributed by atoms with Gasteiger partial charge in [-0.15, -0.1) is 12.3 Å². The number of terminal acetylenes is 1.